The second-order valence-corrected chi connectivity index (χ2v) is 8.45. The van der Waals surface area contributed by atoms with Crippen LogP contribution in [0.15, 0.2) is 41.5 Å². The van der Waals surface area contributed by atoms with Crippen LogP contribution in [0.2, 0.25) is 0 Å². The number of halogens is 1. The van der Waals surface area contributed by atoms with E-state index in [-0.39, 0.29) is 11.9 Å². The van der Waals surface area contributed by atoms with Crippen molar-refractivity contribution in [3.63, 3.8) is 0 Å². The van der Waals surface area contributed by atoms with Crippen LogP contribution in [0.3, 0.4) is 0 Å². The van der Waals surface area contributed by atoms with Gasteiger partial charge in [-0.25, -0.2) is 4.39 Å². The highest BCUT2D eigenvalue weighted by Crippen LogP contribution is 2.36. The molecule has 0 fully saturated rings. The number of ether oxygens (including phenoxy) is 1. The van der Waals surface area contributed by atoms with Crippen molar-refractivity contribution in [2.75, 3.05) is 5.75 Å². The number of aliphatic imine (C=N–C) groups is 1. The molecule has 0 bridgehead atoms. The quantitative estimate of drug-likeness (QED) is 0.798. The van der Waals surface area contributed by atoms with E-state index in [1.807, 2.05) is 51.2 Å². The van der Waals surface area contributed by atoms with Crippen LogP contribution in [-0.2, 0) is 23.3 Å². The number of amidine groups is 1. The van der Waals surface area contributed by atoms with Crippen molar-refractivity contribution in [3.05, 3.63) is 64.7 Å². The normalized spacial score (nSPS) is 20.0. The number of thioether (sulfide) groups is 1. The Bertz CT molecular complexity index is 823. The topological polar surface area (TPSA) is 60.5 Å². The first kappa shape index (κ1) is 19.8. The predicted molar refractivity (Wildman–Crippen MR) is 109 cm³/mol. The minimum atomic E-state index is -0.610. The number of aromatic nitrogens is 1. The molecule has 2 N–H and O–H groups in total. The summed E-state index contributed by atoms with van der Waals surface area (Å²) in [7, 11) is 0. The lowest BCUT2D eigenvalue weighted by atomic mass is 9.87. The molecule has 0 radical (unpaired) electrons. The van der Waals surface area contributed by atoms with Crippen LogP contribution in [0.4, 0.5) is 4.39 Å². The fraction of sp³-hybridized carbons (Fsp3) is 0.429. The first-order valence-electron chi connectivity index (χ1n) is 9.18. The van der Waals surface area contributed by atoms with Crippen LogP contribution in [0.25, 0.3) is 0 Å². The summed E-state index contributed by atoms with van der Waals surface area (Å²) in [6.45, 7) is 6.53. The van der Waals surface area contributed by atoms with Crippen molar-refractivity contribution in [1.82, 2.24) is 4.98 Å². The van der Waals surface area contributed by atoms with E-state index < -0.39 is 5.54 Å². The second-order valence-electron chi connectivity index (χ2n) is 7.33. The van der Waals surface area contributed by atoms with E-state index in [1.54, 1.807) is 0 Å². The zero-order chi connectivity index (χ0) is 19.4. The van der Waals surface area contributed by atoms with Gasteiger partial charge in [-0.05, 0) is 50.5 Å². The Balaban J connectivity index is 1.77. The molecular formula is C21H26FN3OS. The molecule has 2 heterocycles. The number of nitrogens with two attached hydrogens (primary N) is 1. The van der Waals surface area contributed by atoms with Gasteiger partial charge in [-0.15, -0.1) is 0 Å². The molecule has 0 amide bonds. The van der Waals surface area contributed by atoms with Crippen LogP contribution < -0.4 is 5.73 Å². The van der Waals surface area contributed by atoms with Gasteiger partial charge in [0.15, 0.2) is 5.17 Å². The monoisotopic (exact) mass is 387 g/mol. The fourth-order valence-corrected chi connectivity index (χ4v) is 4.07. The van der Waals surface area contributed by atoms with Gasteiger partial charge in [0.25, 0.3) is 0 Å². The SMILES string of the molecule is CC(C)OCc1ccc(Cc2ccc(F)c([C@]3(C)CCSC(N)=N3)c2)nc1. The van der Waals surface area contributed by atoms with Crippen molar-refractivity contribution >= 4 is 16.9 Å². The van der Waals surface area contributed by atoms with Crippen molar-refractivity contribution < 1.29 is 9.13 Å². The van der Waals surface area contributed by atoms with Crippen LogP contribution in [0.5, 0.6) is 0 Å². The van der Waals surface area contributed by atoms with Crippen molar-refractivity contribution in [2.45, 2.75) is 51.9 Å². The molecule has 1 aromatic carbocycles. The number of rotatable bonds is 6. The Hall–Kier alpha value is -1.92. The average Bonchev–Trinajstić information content (AvgIpc) is 2.62. The predicted octanol–water partition coefficient (Wildman–Crippen LogP) is 4.40. The van der Waals surface area contributed by atoms with E-state index in [4.69, 9.17) is 10.5 Å². The highest BCUT2D eigenvalue weighted by molar-refractivity contribution is 8.13. The smallest absolute Gasteiger partial charge is 0.154 e. The maximum atomic E-state index is 14.5. The molecule has 0 spiro atoms. The summed E-state index contributed by atoms with van der Waals surface area (Å²) in [6, 6.07) is 9.26. The van der Waals surface area contributed by atoms with Crippen LogP contribution in [-0.4, -0.2) is 22.0 Å². The lowest BCUT2D eigenvalue weighted by molar-refractivity contribution is 0.0655. The summed E-state index contributed by atoms with van der Waals surface area (Å²) in [5, 5.41) is 0.523. The lowest BCUT2D eigenvalue weighted by Gasteiger charge is -2.30. The fourth-order valence-electron chi connectivity index (χ4n) is 3.09. The van der Waals surface area contributed by atoms with Gasteiger partial charge >= 0.3 is 0 Å². The van der Waals surface area contributed by atoms with Gasteiger partial charge in [-0.1, -0.05) is 30.0 Å². The van der Waals surface area contributed by atoms with E-state index in [9.17, 15) is 4.39 Å². The summed E-state index contributed by atoms with van der Waals surface area (Å²) < 4.78 is 20.1. The summed E-state index contributed by atoms with van der Waals surface area (Å²) in [5.74, 6) is 0.607. The molecule has 1 atom stereocenters. The van der Waals surface area contributed by atoms with E-state index in [2.05, 4.69) is 9.98 Å². The third kappa shape index (κ3) is 5.08. The number of benzene rings is 1. The Morgan fingerprint density at radius 1 is 1.26 bits per heavy atom. The highest BCUT2D eigenvalue weighted by Gasteiger charge is 2.32. The number of hydrogen-bond acceptors (Lipinski definition) is 5. The molecule has 3 rings (SSSR count). The maximum absolute atomic E-state index is 14.5. The van der Waals surface area contributed by atoms with Crippen molar-refractivity contribution in [1.29, 1.82) is 0 Å². The summed E-state index contributed by atoms with van der Waals surface area (Å²) >= 11 is 1.52. The van der Waals surface area contributed by atoms with Gasteiger partial charge in [0.2, 0.25) is 0 Å². The van der Waals surface area contributed by atoms with Gasteiger partial charge in [0.05, 0.1) is 18.2 Å². The second kappa shape index (κ2) is 8.40. The number of hydrogen-bond donors (Lipinski definition) is 1. The third-order valence-electron chi connectivity index (χ3n) is 4.66. The minimum absolute atomic E-state index is 0.193. The molecule has 0 aliphatic carbocycles. The first-order chi connectivity index (χ1) is 12.9. The van der Waals surface area contributed by atoms with Gasteiger partial charge in [0, 0.05) is 29.6 Å². The first-order valence-corrected chi connectivity index (χ1v) is 10.2. The zero-order valence-electron chi connectivity index (χ0n) is 16.0. The zero-order valence-corrected chi connectivity index (χ0v) is 16.9. The molecule has 0 saturated heterocycles. The number of nitrogens with zero attached hydrogens (tertiary/aromatic N) is 2. The van der Waals surface area contributed by atoms with Gasteiger partial charge in [-0.2, -0.15) is 0 Å². The van der Waals surface area contributed by atoms with E-state index in [1.165, 1.54) is 17.8 Å². The molecule has 144 valence electrons. The largest absolute Gasteiger partial charge is 0.379 e. The molecule has 1 aliphatic heterocycles. The summed E-state index contributed by atoms with van der Waals surface area (Å²) in [6.07, 6.45) is 3.44. The molecule has 27 heavy (non-hydrogen) atoms. The van der Waals surface area contributed by atoms with Crippen molar-refractivity contribution in [3.8, 4) is 0 Å². The average molecular weight is 388 g/mol. The Labute approximate surface area is 164 Å². The summed E-state index contributed by atoms with van der Waals surface area (Å²) in [4.78, 5) is 9.05. The molecule has 6 heteroatoms. The Morgan fingerprint density at radius 2 is 2.04 bits per heavy atom. The molecule has 1 aromatic heterocycles. The van der Waals surface area contributed by atoms with Gasteiger partial charge in [-0.3, -0.25) is 9.98 Å². The Kier molecular flexibility index (Phi) is 6.17. The molecule has 0 unspecified atom stereocenters. The third-order valence-corrected chi connectivity index (χ3v) is 5.46. The minimum Gasteiger partial charge on any atom is -0.379 e. The van der Waals surface area contributed by atoms with Crippen LogP contribution in [0.1, 0.15) is 49.6 Å². The van der Waals surface area contributed by atoms with E-state index >= 15 is 0 Å². The standard InChI is InChI=1S/C21H26FN3OS/c1-14(2)26-13-16-4-6-17(24-12-16)10-15-5-7-19(22)18(11-15)21(3)8-9-27-20(23)25-21/h4-7,11-12,14H,8-10,13H2,1-3H3,(H2,23,25)/t21-/m0/s1. The van der Waals surface area contributed by atoms with Crippen molar-refractivity contribution in [2.24, 2.45) is 10.7 Å². The lowest BCUT2D eigenvalue weighted by Crippen LogP contribution is -2.29. The molecule has 1 aliphatic rings. The molecule has 2 aromatic rings. The van der Waals surface area contributed by atoms with Gasteiger partial charge < -0.3 is 10.5 Å². The van der Waals surface area contributed by atoms with Crippen LogP contribution in [0, 0.1) is 5.82 Å². The van der Waals surface area contributed by atoms with E-state index in [0.717, 1.165) is 29.0 Å². The van der Waals surface area contributed by atoms with Gasteiger partial charge in [0.1, 0.15) is 5.82 Å². The Morgan fingerprint density at radius 3 is 2.70 bits per heavy atom. The molecule has 4 nitrogen and oxygen atoms in total. The summed E-state index contributed by atoms with van der Waals surface area (Å²) in [5.41, 5.74) is 8.87. The highest BCUT2D eigenvalue weighted by atomic mass is 32.2. The molecular weight excluding hydrogens is 361 g/mol. The molecule has 0 saturated carbocycles. The van der Waals surface area contributed by atoms with E-state index in [0.29, 0.717) is 23.8 Å². The maximum Gasteiger partial charge on any atom is 0.154 e. The number of pyridine rings is 1. The van der Waals surface area contributed by atoms with Crippen LogP contribution >= 0.6 is 11.8 Å².